The van der Waals surface area contributed by atoms with Crippen LogP contribution in [0, 0.1) is 30.0 Å². The van der Waals surface area contributed by atoms with Crippen molar-refractivity contribution in [1.82, 2.24) is 19.6 Å². The molecule has 1 fully saturated rings. The van der Waals surface area contributed by atoms with Gasteiger partial charge in [-0.15, -0.1) is 10.2 Å². The molecule has 0 unspecified atom stereocenters. The van der Waals surface area contributed by atoms with E-state index in [1.165, 1.54) is 24.5 Å². The number of halogens is 1. The maximum atomic E-state index is 15.2. The van der Waals surface area contributed by atoms with Crippen molar-refractivity contribution >= 4 is 28.2 Å². The van der Waals surface area contributed by atoms with E-state index < -0.39 is 0 Å². The van der Waals surface area contributed by atoms with Gasteiger partial charge in [0.1, 0.15) is 17.5 Å². The van der Waals surface area contributed by atoms with E-state index >= 15 is 4.39 Å². The molecule has 6 rings (SSSR count). The van der Waals surface area contributed by atoms with Crippen LogP contribution in [-0.2, 0) is 6.42 Å². The Morgan fingerprint density at radius 2 is 1.97 bits per heavy atom. The lowest BCUT2D eigenvalue weighted by Gasteiger charge is -2.32. The third kappa shape index (κ3) is 2.88. The summed E-state index contributed by atoms with van der Waals surface area (Å²) >= 11 is 0. The van der Waals surface area contributed by atoms with Crippen LogP contribution in [0.1, 0.15) is 49.6 Å². The molecule has 0 N–H and O–H groups in total. The van der Waals surface area contributed by atoms with Crippen LogP contribution in [0.5, 0.6) is 0 Å². The Hall–Kier alpha value is -3.46. The highest BCUT2D eigenvalue weighted by Gasteiger charge is 2.38. The van der Waals surface area contributed by atoms with Crippen molar-refractivity contribution in [3.63, 3.8) is 0 Å². The summed E-state index contributed by atoms with van der Waals surface area (Å²) in [5, 5.41) is 8.90. The first-order chi connectivity index (χ1) is 15.6. The van der Waals surface area contributed by atoms with E-state index in [2.05, 4.69) is 46.0 Å². The fourth-order valence-electron chi connectivity index (χ4n) is 4.85. The second kappa shape index (κ2) is 7.03. The zero-order valence-corrected chi connectivity index (χ0v) is 18.3. The van der Waals surface area contributed by atoms with Crippen LogP contribution >= 0.6 is 0 Å². The highest BCUT2D eigenvalue weighted by molar-refractivity contribution is 5.94. The van der Waals surface area contributed by atoms with Crippen molar-refractivity contribution in [2.75, 3.05) is 11.4 Å². The fourth-order valence-corrected chi connectivity index (χ4v) is 4.85. The summed E-state index contributed by atoms with van der Waals surface area (Å²) in [7, 11) is 0. The largest absolute Gasteiger partial charge is 0.325 e. The Bertz CT molecular complexity index is 1440. The normalized spacial score (nSPS) is 16.7. The van der Waals surface area contributed by atoms with Gasteiger partial charge in [-0.05, 0) is 68.9 Å². The van der Waals surface area contributed by atoms with Crippen LogP contribution in [0.25, 0.3) is 16.7 Å². The summed E-state index contributed by atoms with van der Waals surface area (Å²) in [5.74, 6) is 8.50. The average Bonchev–Trinajstić information content (AvgIpc) is 3.51. The quantitative estimate of drug-likeness (QED) is 0.406. The first-order valence-electron chi connectivity index (χ1n) is 11.3. The van der Waals surface area contributed by atoms with Gasteiger partial charge in [-0.2, -0.15) is 4.98 Å². The van der Waals surface area contributed by atoms with Crippen LogP contribution in [0.4, 0.5) is 15.9 Å². The predicted molar refractivity (Wildman–Crippen MR) is 124 cm³/mol. The summed E-state index contributed by atoms with van der Waals surface area (Å²) in [6.45, 7) is 4.84. The van der Waals surface area contributed by atoms with Crippen molar-refractivity contribution in [1.29, 1.82) is 0 Å². The number of rotatable bonds is 2. The summed E-state index contributed by atoms with van der Waals surface area (Å²) in [4.78, 5) is 6.92. The molecule has 0 bridgehead atoms. The number of hydrogen-bond acceptors (Lipinski definition) is 4. The fraction of sp³-hybridized carbons (Fsp3) is 0.346. The van der Waals surface area contributed by atoms with Crippen molar-refractivity contribution < 1.29 is 4.39 Å². The summed E-state index contributed by atoms with van der Waals surface area (Å²) in [6.07, 6.45) is 5.42. The van der Waals surface area contributed by atoms with Crippen molar-refractivity contribution in [3.8, 4) is 11.8 Å². The van der Waals surface area contributed by atoms with Crippen LogP contribution in [0.15, 0.2) is 36.4 Å². The molecule has 32 heavy (non-hydrogen) atoms. The molecule has 4 aromatic rings. The molecule has 0 spiro atoms. The highest BCUT2D eigenvalue weighted by atomic mass is 19.1. The van der Waals surface area contributed by atoms with E-state index in [0.29, 0.717) is 22.8 Å². The molecule has 1 saturated carbocycles. The van der Waals surface area contributed by atoms with Gasteiger partial charge in [0.2, 0.25) is 0 Å². The predicted octanol–water partition coefficient (Wildman–Crippen LogP) is 5.35. The van der Waals surface area contributed by atoms with E-state index in [0.717, 1.165) is 42.6 Å². The van der Waals surface area contributed by atoms with Crippen LogP contribution in [0.2, 0.25) is 0 Å². The van der Waals surface area contributed by atoms with E-state index in [9.17, 15) is 0 Å². The lowest BCUT2D eigenvalue weighted by molar-refractivity contribution is 0.638. The first kappa shape index (κ1) is 19.2. The third-order valence-corrected chi connectivity index (χ3v) is 6.97. The second-order valence-corrected chi connectivity index (χ2v) is 8.89. The molecule has 1 aliphatic carbocycles. The van der Waals surface area contributed by atoms with Crippen molar-refractivity contribution in [2.24, 2.45) is 5.41 Å². The smallest absolute Gasteiger partial charge is 0.257 e. The van der Waals surface area contributed by atoms with Crippen molar-refractivity contribution in [3.05, 3.63) is 59.2 Å². The number of benzene rings is 2. The van der Waals surface area contributed by atoms with E-state index in [1.807, 2.05) is 23.5 Å². The molecule has 3 heterocycles. The van der Waals surface area contributed by atoms with E-state index in [-0.39, 0.29) is 11.2 Å². The molecule has 0 radical (unpaired) electrons. The first-order valence-corrected chi connectivity index (χ1v) is 11.3. The molecule has 0 amide bonds. The minimum Gasteiger partial charge on any atom is -0.325 e. The number of aryl methyl sites for hydroxylation is 1. The van der Waals surface area contributed by atoms with Crippen LogP contribution in [-0.4, -0.2) is 26.1 Å². The Kier molecular flexibility index (Phi) is 4.23. The van der Waals surface area contributed by atoms with Gasteiger partial charge in [-0.1, -0.05) is 30.9 Å². The Morgan fingerprint density at radius 3 is 2.78 bits per heavy atom. The zero-order chi connectivity index (χ0) is 21.9. The topological polar surface area (TPSA) is 46.3 Å². The summed E-state index contributed by atoms with van der Waals surface area (Å²) < 4.78 is 17.0. The molecule has 0 saturated heterocycles. The van der Waals surface area contributed by atoms with Crippen LogP contribution in [0.3, 0.4) is 0 Å². The molecule has 2 aliphatic rings. The summed E-state index contributed by atoms with van der Waals surface area (Å²) in [6, 6.07) is 11.4. The molecule has 2 aromatic carbocycles. The second-order valence-electron chi connectivity index (χ2n) is 8.89. The van der Waals surface area contributed by atoms with Gasteiger partial charge in [0.05, 0.1) is 10.9 Å². The average molecular weight is 426 g/mol. The molecule has 0 atom stereocenters. The molecular weight excluding hydrogens is 401 g/mol. The van der Waals surface area contributed by atoms with Crippen LogP contribution < -0.4 is 4.90 Å². The van der Waals surface area contributed by atoms with Crippen molar-refractivity contribution in [2.45, 2.75) is 46.0 Å². The van der Waals surface area contributed by atoms with Gasteiger partial charge in [0, 0.05) is 23.2 Å². The maximum Gasteiger partial charge on any atom is 0.257 e. The number of hydrogen-bond donors (Lipinski definition) is 0. The highest BCUT2D eigenvalue weighted by Crippen LogP contribution is 2.48. The third-order valence-electron chi connectivity index (χ3n) is 6.97. The van der Waals surface area contributed by atoms with Gasteiger partial charge in [-0.25, -0.2) is 4.39 Å². The minimum atomic E-state index is -0.290. The Labute approximate surface area is 186 Å². The molecule has 5 nitrogen and oxygen atoms in total. The Balaban J connectivity index is 1.55. The standard InChI is InChI=1S/C26H24FN5/c1-3-26(14-15-26)13-12-18-7-4-10-21-19(18)8-6-16-31(21)24-23-20(27)9-5-11-22(23)32-17(2)29-30-25(32)28-24/h4-5,7,9-11H,3,6,8,14-16H2,1-2H3. The minimum absolute atomic E-state index is 0.217. The van der Waals surface area contributed by atoms with Gasteiger partial charge in [0.15, 0.2) is 0 Å². The number of fused-ring (bicyclic) bond motifs is 4. The van der Waals surface area contributed by atoms with Gasteiger partial charge in [0.25, 0.3) is 5.78 Å². The number of anilines is 2. The van der Waals surface area contributed by atoms with E-state index in [4.69, 9.17) is 4.98 Å². The zero-order valence-electron chi connectivity index (χ0n) is 18.3. The SMILES string of the molecule is CCC1(C#Cc2cccc3c2CCCN3c2nc3nnc(C)n3c3cccc(F)c23)CC1. The number of aromatic nitrogens is 4. The monoisotopic (exact) mass is 425 g/mol. The molecule has 1 aliphatic heterocycles. The molecular formula is C26H24FN5. The maximum absolute atomic E-state index is 15.2. The van der Waals surface area contributed by atoms with E-state index in [1.54, 1.807) is 6.07 Å². The van der Waals surface area contributed by atoms with Gasteiger partial charge in [-0.3, -0.25) is 4.40 Å². The van der Waals surface area contributed by atoms with Gasteiger partial charge >= 0.3 is 0 Å². The molecule has 2 aromatic heterocycles. The Morgan fingerprint density at radius 1 is 1.12 bits per heavy atom. The number of nitrogens with zero attached hydrogens (tertiary/aromatic N) is 5. The summed E-state index contributed by atoms with van der Waals surface area (Å²) in [5.41, 5.74) is 4.31. The lowest BCUT2D eigenvalue weighted by Crippen LogP contribution is -2.26. The lowest BCUT2D eigenvalue weighted by atomic mass is 9.95. The molecule has 6 heteroatoms. The molecule has 160 valence electrons. The van der Waals surface area contributed by atoms with Gasteiger partial charge < -0.3 is 4.90 Å².